The van der Waals surface area contributed by atoms with Crippen LogP contribution in [0.4, 0.5) is 0 Å². The van der Waals surface area contributed by atoms with Gasteiger partial charge in [0.05, 0.1) is 5.02 Å². The van der Waals surface area contributed by atoms with Crippen molar-refractivity contribution in [1.29, 1.82) is 0 Å². The van der Waals surface area contributed by atoms with Crippen LogP contribution in [0.3, 0.4) is 0 Å². The molecule has 0 spiro atoms. The van der Waals surface area contributed by atoms with E-state index < -0.39 is 0 Å². The summed E-state index contributed by atoms with van der Waals surface area (Å²) in [6.07, 6.45) is 0. The van der Waals surface area contributed by atoms with E-state index in [0.29, 0.717) is 6.04 Å². The second-order valence-electron chi connectivity index (χ2n) is 3.50. The van der Waals surface area contributed by atoms with Gasteiger partial charge in [-0.25, -0.2) is 0 Å². The van der Waals surface area contributed by atoms with Gasteiger partial charge in [-0.2, -0.15) is 0 Å². The first-order valence-electron chi connectivity index (χ1n) is 4.75. The summed E-state index contributed by atoms with van der Waals surface area (Å²) in [6.45, 7) is 6.03. The third kappa shape index (κ3) is 3.24. The molecule has 0 aromatic carbocycles. The number of aryl methyl sites for hydroxylation is 1. The fourth-order valence-electron chi connectivity index (χ4n) is 1.25. The third-order valence-electron chi connectivity index (χ3n) is 2.09. The molecule has 0 radical (unpaired) electrons. The highest BCUT2D eigenvalue weighted by molar-refractivity contribution is 7.10. The van der Waals surface area contributed by atoms with Crippen molar-refractivity contribution in [2.75, 3.05) is 13.6 Å². The highest BCUT2D eigenvalue weighted by Crippen LogP contribution is 2.26. The zero-order valence-electron chi connectivity index (χ0n) is 8.86. The first-order valence-corrected chi connectivity index (χ1v) is 6.01. The average Bonchev–Trinajstić information content (AvgIpc) is 2.46. The summed E-state index contributed by atoms with van der Waals surface area (Å²) in [5, 5.41) is 9.56. The third-order valence-corrected chi connectivity index (χ3v) is 3.83. The van der Waals surface area contributed by atoms with Gasteiger partial charge in [0.1, 0.15) is 0 Å². The minimum absolute atomic E-state index is 0.471. The molecule has 0 fully saturated rings. The smallest absolute Gasteiger partial charge is 0.0587 e. The Hall–Kier alpha value is -0.0900. The Labute approximate surface area is 94.7 Å². The summed E-state index contributed by atoms with van der Waals surface area (Å²) in [4.78, 5) is 1.23. The number of rotatable bonds is 5. The van der Waals surface area contributed by atoms with Crippen LogP contribution in [-0.4, -0.2) is 19.6 Å². The maximum atomic E-state index is 6.12. The standard InChI is InChI=1S/C10H17ClN2S/c1-7-6-14-9(10(7)11)5-13-8(2)4-12-3/h6,8,12-13H,4-5H2,1-3H3. The lowest BCUT2D eigenvalue weighted by Crippen LogP contribution is -2.34. The quantitative estimate of drug-likeness (QED) is 0.815. The number of halogens is 1. The molecule has 0 bridgehead atoms. The van der Waals surface area contributed by atoms with Crippen LogP contribution in [-0.2, 0) is 6.54 Å². The van der Waals surface area contributed by atoms with Crippen LogP contribution < -0.4 is 10.6 Å². The molecule has 0 aliphatic heterocycles. The van der Waals surface area contributed by atoms with Gasteiger partial charge in [0.2, 0.25) is 0 Å². The van der Waals surface area contributed by atoms with Crippen molar-refractivity contribution in [1.82, 2.24) is 10.6 Å². The van der Waals surface area contributed by atoms with Crippen molar-refractivity contribution in [2.24, 2.45) is 0 Å². The maximum absolute atomic E-state index is 6.12. The highest BCUT2D eigenvalue weighted by Gasteiger charge is 2.07. The molecule has 4 heteroatoms. The molecule has 2 N–H and O–H groups in total. The number of hydrogen-bond acceptors (Lipinski definition) is 3. The Bertz CT molecular complexity index is 286. The van der Waals surface area contributed by atoms with Crippen LogP contribution in [0.25, 0.3) is 0 Å². The minimum atomic E-state index is 0.471. The normalized spacial score (nSPS) is 13.1. The number of hydrogen-bond donors (Lipinski definition) is 2. The highest BCUT2D eigenvalue weighted by atomic mass is 35.5. The van der Waals surface area contributed by atoms with E-state index in [2.05, 4.69) is 22.9 Å². The van der Waals surface area contributed by atoms with Gasteiger partial charge in [-0.05, 0) is 31.8 Å². The zero-order valence-corrected chi connectivity index (χ0v) is 10.4. The summed E-state index contributed by atoms with van der Waals surface area (Å²) < 4.78 is 0. The minimum Gasteiger partial charge on any atom is -0.318 e. The first kappa shape index (κ1) is 12.0. The summed E-state index contributed by atoms with van der Waals surface area (Å²) in [5.41, 5.74) is 1.18. The van der Waals surface area contributed by atoms with Gasteiger partial charge in [0.15, 0.2) is 0 Å². The largest absolute Gasteiger partial charge is 0.318 e. The van der Waals surface area contributed by atoms with E-state index in [0.717, 1.165) is 18.1 Å². The average molecular weight is 233 g/mol. The molecular weight excluding hydrogens is 216 g/mol. The topological polar surface area (TPSA) is 24.1 Å². The molecule has 1 heterocycles. The van der Waals surface area contributed by atoms with Crippen LogP contribution in [0.5, 0.6) is 0 Å². The lowest BCUT2D eigenvalue weighted by atomic mass is 10.3. The Balaban J connectivity index is 2.41. The molecule has 0 saturated carbocycles. The number of nitrogens with one attached hydrogen (secondary N) is 2. The van der Waals surface area contributed by atoms with E-state index in [1.54, 1.807) is 11.3 Å². The number of thiophene rings is 1. The molecule has 1 atom stereocenters. The van der Waals surface area contributed by atoms with Crippen molar-refractivity contribution in [3.05, 3.63) is 20.8 Å². The van der Waals surface area contributed by atoms with Gasteiger partial charge >= 0.3 is 0 Å². The predicted octanol–water partition coefficient (Wildman–Crippen LogP) is 2.41. The van der Waals surface area contributed by atoms with E-state index in [-0.39, 0.29) is 0 Å². The van der Waals surface area contributed by atoms with E-state index >= 15 is 0 Å². The molecule has 1 aromatic rings. The molecule has 14 heavy (non-hydrogen) atoms. The molecule has 0 amide bonds. The van der Waals surface area contributed by atoms with Gasteiger partial charge in [-0.1, -0.05) is 11.6 Å². The molecule has 2 nitrogen and oxygen atoms in total. The summed E-state index contributed by atoms with van der Waals surface area (Å²) in [6, 6.07) is 0.471. The summed E-state index contributed by atoms with van der Waals surface area (Å²) in [5.74, 6) is 0. The van der Waals surface area contributed by atoms with E-state index in [1.165, 1.54) is 10.4 Å². The molecule has 80 valence electrons. The van der Waals surface area contributed by atoms with Crippen LogP contribution in [0.1, 0.15) is 17.4 Å². The Morgan fingerprint density at radius 1 is 1.57 bits per heavy atom. The lowest BCUT2D eigenvalue weighted by Gasteiger charge is -2.12. The lowest BCUT2D eigenvalue weighted by molar-refractivity contribution is 0.526. The molecule has 1 rings (SSSR count). The Kier molecular flexibility index (Phi) is 4.89. The van der Waals surface area contributed by atoms with Crippen LogP contribution in [0.2, 0.25) is 5.02 Å². The van der Waals surface area contributed by atoms with Crippen molar-refractivity contribution in [3.8, 4) is 0 Å². The SMILES string of the molecule is CNCC(C)NCc1scc(C)c1Cl. The Morgan fingerprint density at radius 2 is 2.29 bits per heavy atom. The predicted molar refractivity (Wildman–Crippen MR) is 64.3 cm³/mol. The monoisotopic (exact) mass is 232 g/mol. The van der Waals surface area contributed by atoms with Crippen molar-refractivity contribution in [2.45, 2.75) is 26.4 Å². The summed E-state index contributed by atoms with van der Waals surface area (Å²) in [7, 11) is 1.96. The molecule has 0 saturated heterocycles. The van der Waals surface area contributed by atoms with Gasteiger partial charge in [-0.15, -0.1) is 11.3 Å². The Morgan fingerprint density at radius 3 is 2.79 bits per heavy atom. The van der Waals surface area contributed by atoms with Gasteiger partial charge in [0, 0.05) is 24.0 Å². The van der Waals surface area contributed by atoms with Crippen molar-refractivity contribution < 1.29 is 0 Å². The second-order valence-corrected chi connectivity index (χ2v) is 4.84. The molecule has 1 aromatic heterocycles. The molecular formula is C10H17ClN2S. The molecule has 0 aliphatic carbocycles. The van der Waals surface area contributed by atoms with E-state index in [4.69, 9.17) is 11.6 Å². The second kappa shape index (κ2) is 5.71. The van der Waals surface area contributed by atoms with Crippen LogP contribution >= 0.6 is 22.9 Å². The maximum Gasteiger partial charge on any atom is 0.0587 e. The summed E-state index contributed by atoms with van der Waals surface area (Å²) >= 11 is 7.85. The van der Waals surface area contributed by atoms with Crippen LogP contribution in [0, 0.1) is 6.92 Å². The molecule has 0 aliphatic rings. The fourth-order valence-corrected chi connectivity index (χ4v) is 2.44. The molecule has 1 unspecified atom stereocenters. The first-order chi connectivity index (χ1) is 6.65. The van der Waals surface area contributed by atoms with Crippen molar-refractivity contribution in [3.63, 3.8) is 0 Å². The van der Waals surface area contributed by atoms with Gasteiger partial charge in [0.25, 0.3) is 0 Å². The van der Waals surface area contributed by atoms with Crippen LogP contribution in [0.15, 0.2) is 5.38 Å². The van der Waals surface area contributed by atoms with Gasteiger partial charge in [-0.3, -0.25) is 0 Å². The van der Waals surface area contributed by atoms with E-state index in [1.807, 2.05) is 14.0 Å². The zero-order chi connectivity index (χ0) is 10.6. The fraction of sp³-hybridized carbons (Fsp3) is 0.600. The van der Waals surface area contributed by atoms with Gasteiger partial charge < -0.3 is 10.6 Å². The number of likely N-dealkylation sites (N-methyl/N-ethyl adjacent to an activating group) is 1. The van der Waals surface area contributed by atoms with E-state index in [9.17, 15) is 0 Å². The van der Waals surface area contributed by atoms with Crippen molar-refractivity contribution >= 4 is 22.9 Å².